The Morgan fingerprint density at radius 1 is 0.971 bits per heavy atom. The van der Waals surface area contributed by atoms with Gasteiger partial charge >= 0.3 is 0 Å². The number of Topliss-reactive ketones (excluding diaryl/α,β-unsaturated/α-hetero) is 1. The molecule has 1 aliphatic heterocycles. The van der Waals surface area contributed by atoms with Crippen LogP contribution in [0.25, 0.3) is 22.2 Å². The van der Waals surface area contributed by atoms with E-state index in [1.165, 1.54) is 17.2 Å². The summed E-state index contributed by atoms with van der Waals surface area (Å²) in [4.78, 5) is 48.9. The molecule has 1 N–H and O–H groups in total. The summed E-state index contributed by atoms with van der Waals surface area (Å²) >= 11 is 0. The number of imidazole rings is 1. The second kappa shape index (κ2) is 8.58. The molecule has 1 aliphatic rings. The molecule has 2 aromatic heterocycles. The zero-order valence-electron chi connectivity index (χ0n) is 18.5. The predicted octanol–water partition coefficient (Wildman–Crippen LogP) is 2.87. The third kappa shape index (κ3) is 3.64. The van der Waals surface area contributed by atoms with Gasteiger partial charge in [0.15, 0.2) is 0 Å². The molecular weight excluding hydrogens is 437 g/mol. The summed E-state index contributed by atoms with van der Waals surface area (Å²) in [5.41, 5.74) is 2.42. The number of fused-ring (bicyclic) bond motifs is 1. The van der Waals surface area contributed by atoms with Crippen LogP contribution in [-0.4, -0.2) is 68.1 Å². The summed E-state index contributed by atoms with van der Waals surface area (Å²) in [6.45, 7) is 1.10. The second-order valence-electron chi connectivity index (χ2n) is 8.22. The van der Waals surface area contributed by atoms with Gasteiger partial charge in [0, 0.05) is 55.9 Å². The number of carbonyl (C=O) groups is 3. The van der Waals surface area contributed by atoms with Crippen LogP contribution >= 0.6 is 0 Å². The standard InChI is InChI=1S/C25H22FN5O3/c1-29-15-27-14-20(29)17-7-8-19(26)21-18(13-28-22(17)21)23(32)25(34)31-11-9-30(10-12-31)24(33)16-5-3-2-4-6-16/h2-8,13-15,28H,9-12H2,1H3. The van der Waals surface area contributed by atoms with Crippen LogP contribution in [-0.2, 0) is 11.8 Å². The second-order valence-corrected chi connectivity index (χ2v) is 8.22. The van der Waals surface area contributed by atoms with E-state index < -0.39 is 17.5 Å². The van der Waals surface area contributed by atoms with Crippen molar-refractivity contribution in [3.63, 3.8) is 0 Å². The van der Waals surface area contributed by atoms with Crippen molar-refractivity contribution >= 4 is 28.5 Å². The molecule has 0 aliphatic carbocycles. The molecule has 1 fully saturated rings. The molecule has 0 radical (unpaired) electrons. The number of carbonyl (C=O) groups excluding carboxylic acids is 3. The Morgan fingerprint density at radius 2 is 1.68 bits per heavy atom. The summed E-state index contributed by atoms with van der Waals surface area (Å²) in [7, 11) is 1.82. The summed E-state index contributed by atoms with van der Waals surface area (Å²) in [6.07, 6.45) is 4.66. The van der Waals surface area contributed by atoms with Gasteiger partial charge in [-0.3, -0.25) is 14.4 Å². The Hall–Kier alpha value is -4.27. The maximum atomic E-state index is 14.8. The maximum absolute atomic E-state index is 14.8. The first-order chi connectivity index (χ1) is 16.5. The summed E-state index contributed by atoms with van der Waals surface area (Å²) in [5, 5.41) is 0.0786. The van der Waals surface area contributed by atoms with Gasteiger partial charge in [-0.25, -0.2) is 9.37 Å². The van der Waals surface area contributed by atoms with E-state index in [1.54, 1.807) is 52.3 Å². The Balaban J connectivity index is 1.35. The maximum Gasteiger partial charge on any atom is 0.295 e. The Labute approximate surface area is 194 Å². The SMILES string of the molecule is Cn1cncc1-c1ccc(F)c2c(C(=O)C(=O)N3CCN(C(=O)c4ccccc4)CC3)c[nH]c12. The van der Waals surface area contributed by atoms with Gasteiger partial charge in [0.1, 0.15) is 5.82 Å². The molecule has 0 unspecified atom stereocenters. The number of rotatable bonds is 4. The molecule has 3 heterocycles. The molecular formula is C25H22FN5O3. The van der Waals surface area contributed by atoms with E-state index in [0.29, 0.717) is 29.7 Å². The number of hydrogen-bond donors (Lipinski definition) is 1. The van der Waals surface area contributed by atoms with Gasteiger partial charge in [0.25, 0.3) is 17.6 Å². The van der Waals surface area contributed by atoms with E-state index in [4.69, 9.17) is 0 Å². The molecule has 4 aromatic rings. The molecule has 172 valence electrons. The lowest BCUT2D eigenvalue weighted by atomic mass is 10.0. The number of H-pyrrole nitrogens is 1. The minimum atomic E-state index is -0.782. The van der Waals surface area contributed by atoms with E-state index >= 15 is 0 Å². The van der Waals surface area contributed by atoms with E-state index in [2.05, 4.69) is 9.97 Å². The van der Waals surface area contributed by atoms with Crippen LogP contribution in [0.3, 0.4) is 0 Å². The van der Waals surface area contributed by atoms with Gasteiger partial charge in [-0.15, -0.1) is 0 Å². The number of nitrogens with zero attached hydrogens (tertiary/aromatic N) is 4. The number of ketones is 1. The molecule has 5 rings (SSSR count). The molecule has 1 saturated heterocycles. The largest absolute Gasteiger partial charge is 0.360 e. The first-order valence-corrected chi connectivity index (χ1v) is 10.9. The highest BCUT2D eigenvalue weighted by Crippen LogP contribution is 2.32. The van der Waals surface area contributed by atoms with E-state index in [1.807, 2.05) is 13.1 Å². The monoisotopic (exact) mass is 459 g/mol. The Bertz CT molecular complexity index is 1400. The Morgan fingerprint density at radius 3 is 2.35 bits per heavy atom. The molecule has 9 heteroatoms. The minimum Gasteiger partial charge on any atom is -0.360 e. The lowest BCUT2D eigenvalue weighted by molar-refractivity contribution is -0.127. The quantitative estimate of drug-likeness (QED) is 0.375. The number of piperazine rings is 1. The van der Waals surface area contributed by atoms with Gasteiger partial charge < -0.3 is 19.4 Å². The molecule has 2 amide bonds. The number of halogens is 1. The van der Waals surface area contributed by atoms with Crippen LogP contribution < -0.4 is 0 Å². The fraction of sp³-hybridized carbons (Fsp3) is 0.200. The normalized spacial score (nSPS) is 13.9. The van der Waals surface area contributed by atoms with Crippen molar-refractivity contribution in [3.8, 4) is 11.3 Å². The third-order valence-corrected chi connectivity index (χ3v) is 6.19. The van der Waals surface area contributed by atoms with Crippen molar-refractivity contribution in [2.75, 3.05) is 26.2 Å². The summed E-state index contributed by atoms with van der Waals surface area (Å²) in [5.74, 6) is -2.19. The number of aryl methyl sites for hydroxylation is 1. The van der Waals surface area contributed by atoms with Crippen molar-refractivity contribution in [1.29, 1.82) is 0 Å². The molecule has 0 saturated carbocycles. The topological polar surface area (TPSA) is 91.3 Å². The average molecular weight is 459 g/mol. The van der Waals surface area contributed by atoms with Crippen LogP contribution in [0.1, 0.15) is 20.7 Å². The molecule has 34 heavy (non-hydrogen) atoms. The fourth-order valence-corrected chi connectivity index (χ4v) is 4.35. The highest BCUT2D eigenvalue weighted by Gasteiger charge is 2.31. The molecule has 2 aromatic carbocycles. The van der Waals surface area contributed by atoms with Crippen molar-refractivity contribution < 1.29 is 18.8 Å². The van der Waals surface area contributed by atoms with E-state index in [-0.39, 0.29) is 29.9 Å². The molecule has 0 atom stereocenters. The first-order valence-electron chi connectivity index (χ1n) is 10.9. The zero-order valence-corrected chi connectivity index (χ0v) is 18.5. The summed E-state index contributed by atoms with van der Waals surface area (Å²) < 4.78 is 16.6. The van der Waals surface area contributed by atoms with Crippen LogP contribution in [0.5, 0.6) is 0 Å². The third-order valence-electron chi connectivity index (χ3n) is 6.19. The van der Waals surface area contributed by atoms with Crippen LogP contribution in [0.15, 0.2) is 61.2 Å². The van der Waals surface area contributed by atoms with Gasteiger partial charge in [-0.2, -0.15) is 0 Å². The lowest BCUT2D eigenvalue weighted by Crippen LogP contribution is -2.52. The highest BCUT2D eigenvalue weighted by atomic mass is 19.1. The van der Waals surface area contributed by atoms with E-state index in [9.17, 15) is 18.8 Å². The molecule has 0 spiro atoms. The van der Waals surface area contributed by atoms with Gasteiger partial charge in [0.2, 0.25) is 0 Å². The smallest absolute Gasteiger partial charge is 0.295 e. The van der Waals surface area contributed by atoms with Crippen LogP contribution in [0.4, 0.5) is 4.39 Å². The van der Waals surface area contributed by atoms with Gasteiger partial charge in [0.05, 0.1) is 29.3 Å². The number of aromatic amines is 1. The number of hydrogen-bond acceptors (Lipinski definition) is 4. The van der Waals surface area contributed by atoms with Crippen LogP contribution in [0, 0.1) is 5.82 Å². The van der Waals surface area contributed by atoms with Crippen LogP contribution in [0.2, 0.25) is 0 Å². The summed E-state index contributed by atoms with van der Waals surface area (Å²) in [6, 6.07) is 11.8. The van der Waals surface area contributed by atoms with Gasteiger partial charge in [-0.05, 0) is 24.3 Å². The number of benzene rings is 2. The molecule has 8 nitrogen and oxygen atoms in total. The van der Waals surface area contributed by atoms with Crippen molar-refractivity contribution in [2.45, 2.75) is 0 Å². The number of aromatic nitrogens is 3. The fourth-order valence-electron chi connectivity index (χ4n) is 4.35. The Kier molecular flexibility index (Phi) is 5.45. The van der Waals surface area contributed by atoms with Gasteiger partial charge in [-0.1, -0.05) is 18.2 Å². The van der Waals surface area contributed by atoms with Crippen molar-refractivity contribution in [2.24, 2.45) is 7.05 Å². The minimum absolute atomic E-state index is 0.00990. The van der Waals surface area contributed by atoms with E-state index in [0.717, 1.165) is 5.69 Å². The molecule has 0 bridgehead atoms. The average Bonchev–Trinajstić information content (AvgIpc) is 3.51. The zero-order chi connectivity index (χ0) is 23.8. The first kappa shape index (κ1) is 21.6. The lowest BCUT2D eigenvalue weighted by Gasteiger charge is -2.34. The van der Waals surface area contributed by atoms with Crippen molar-refractivity contribution in [1.82, 2.24) is 24.3 Å². The van der Waals surface area contributed by atoms with Crippen molar-refractivity contribution in [3.05, 3.63) is 78.1 Å². The number of amides is 2. The number of nitrogens with one attached hydrogen (secondary N) is 1. The predicted molar refractivity (Wildman–Crippen MR) is 124 cm³/mol. The highest BCUT2D eigenvalue weighted by molar-refractivity contribution is 6.45.